The van der Waals surface area contributed by atoms with Gasteiger partial charge in [-0.3, -0.25) is 9.69 Å². The van der Waals surface area contributed by atoms with Crippen molar-refractivity contribution < 1.29 is 9.18 Å². The van der Waals surface area contributed by atoms with Crippen LogP contribution in [0, 0.1) is 11.7 Å². The first-order chi connectivity index (χ1) is 8.92. The molecule has 0 spiro atoms. The number of carbonyl (C=O) groups excluding carboxylic acids is 1. The molecule has 0 radical (unpaired) electrons. The van der Waals surface area contributed by atoms with Crippen LogP contribution in [-0.4, -0.2) is 30.9 Å². The summed E-state index contributed by atoms with van der Waals surface area (Å²) in [5.74, 6) is -0.0119. The number of nitrogens with one attached hydrogen (secondary N) is 1. The lowest BCUT2D eigenvalue weighted by atomic mass is 10.1. The van der Waals surface area contributed by atoms with Gasteiger partial charge in [0.25, 0.3) is 0 Å². The van der Waals surface area contributed by atoms with Gasteiger partial charge in [-0.2, -0.15) is 0 Å². The van der Waals surface area contributed by atoms with Crippen molar-refractivity contribution in [2.75, 3.05) is 31.2 Å². The smallest absolute Gasteiger partial charge is 0.238 e. The summed E-state index contributed by atoms with van der Waals surface area (Å²) in [5, 5.41) is 2.69. The quantitative estimate of drug-likeness (QED) is 0.778. The third kappa shape index (κ3) is 5.26. The second kappa shape index (κ2) is 7.09. The average Bonchev–Trinajstić information content (AvgIpc) is 2.32. The third-order valence-corrected chi connectivity index (χ3v) is 3.02. The van der Waals surface area contributed by atoms with Gasteiger partial charge >= 0.3 is 0 Å². The van der Waals surface area contributed by atoms with Crippen LogP contribution in [0.5, 0.6) is 0 Å². The fourth-order valence-corrected chi connectivity index (χ4v) is 1.81. The van der Waals surface area contributed by atoms with Gasteiger partial charge in [-0.15, -0.1) is 0 Å². The van der Waals surface area contributed by atoms with Crippen molar-refractivity contribution in [2.24, 2.45) is 5.92 Å². The lowest BCUT2D eigenvalue weighted by Crippen LogP contribution is -2.33. The van der Waals surface area contributed by atoms with E-state index in [0.717, 1.165) is 13.0 Å². The number of nitrogens with zero attached hydrogens (tertiary/aromatic N) is 1. The maximum Gasteiger partial charge on any atom is 0.238 e. The first-order valence-corrected chi connectivity index (χ1v) is 6.45. The van der Waals surface area contributed by atoms with Crippen molar-refractivity contribution in [1.82, 2.24) is 4.90 Å². The molecule has 1 aromatic rings. The second-order valence-electron chi connectivity index (χ2n) is 4.99. The summed E-state index contributed by atoms with van der Waals surface area (Å²) < 4.78 is 12.9. The number of rotatable bonds is 6. The van der Waals surface area contributed by atoms with Crippen LogP contribution >= 0.6 is 0 Å². The van der Waals surface area contributed by atoms with Crippen LogP contribution < -0.4 is 11.1 Å². The lowest BCUT2D eigenvalue weighted by Gasteiger charge is -2.20. The minimum Gasteiger partial charge on any atom is -0.397 e. The minimum absolute atomic E-state index is 0.149. The van der Waals surface area contributed by atoms with E-state index in [1.165, 1.54) is 18.2 Å². The van der Waals surface area contributed by atoms with E-state index in [2.05, 4.69) is 19.2 Å². The first-order valence-electron chi connectivity index (χ1n) is 6.45. The Balaban J connectivity index is 2.51. The topological polar surface area (TPSA) is 58.4 Å². The molecule has 1 atom stereocenters. The SMILES string of the molecule is CCC(C)CN(C)CC(=O)Nc1ccc(F)cc1N. The van der Waals surface area contributed by atoms with Gasteiger partial charge in [-0.1, -0.05) is 20.3 Å². The minimum atomic E-state index is -0.413. The number of halogens is 1. The maximum absolute atomic E-state index is 12.9. The van der Waals surface area contributed by atoms with Gasteiger partial charge in [0, 0.05) is 6.54 Å². The van der Waals surface area contributed by atoms with Crippen molar-refractivity contribution in [2.45, 2.75) is 20.3 Å². The Morgan fingerprint density at radius 1 is 1.53 bits per heavy atom. The number of nitrogen functional groups attached to an aromatic ring is 1. The summed E-state index contributed by atoms with van der Waals surface area (Å²) in [5.41, 5.74) is 6.32. The Labute approximate surface area is 113 Å². The van der Waals surface area contributed by atoms with Crippen LogP contribution in [0.3, 0.4) is 0 Å². The Kier molecular flexibility index (Phi) is 5.76. The monoisotopic (exact) mass is 267 g/mol. The lowest BCUT2D eigenvalue weighted by molar-refractivity contribution is -0.117. The van der Waals surface area contributed by atoms with Crippen LogP contribution in [0.25, 0.3) is 0 Å². The molecule has 0 saturated heterocycles. The van der Waals surface area contributed by atoms with Crippen molar-refractivity contribution >= 4 is 17.3 Å². The van der Waals surface area contributed by atoms with Crippen molar-refractivity contribution in [3.8, 4) is 0 Å². The average molecular weight is 267 g/mol. The molecule has 0 bridgehead atoms. The molecule has 0 aliphatic rings. The van der Waals surface area contributed by atoms with E-state index < -0.39 is 5.82 Å². The Morgan fingerprint density at radius 2 is 2.21 bits per heavy atom. The fraction of sp³-hybridized carbons (Fsp3) is 0.500. The number of hydrogen-bond acceptors (Lipinski definition) is 3. The number of hydrogen-bond donors (Lipinski definition) is 2. The van der Waals surface area contributed by atoms with E-state index in [-0.39, 0.29) is 11.6 Å². The molecule has 5 heteroatoms. The molecular weight excluding hydrogens is 245 g/mol. The summed E-state index contributed by atoms with van der Waals surface area (Å²) in [4.78, 5) is 13.8. The molecule has 19 heavy (non-hydrogen) atoms. The molecule has 3 N–H and O–H groups in total. The summed E-state index contributed by atoms with van der Waals surface area (Å²) in [7, 11) is 1.90. The van der Waals surface area contributed by atoms with E-state index in [0.29, 0.717) is 18.2 Å². The summed E-state index contributed by atoms with van der Waals surface area (Å²) in [6, 6.07) is 3.94. The maximum atomic E-state index is 12.9. The molecule has 1 unspecified atom stereocenters. The number of anilines is 2. The highest BCUT2D eigenvalue weighted by molar-refractivity contribution is 5.95. The highest BCUT2D eigenvalue weighted by Crippen LogP contribution is 2.18. The van der Waals surface area contributed by atoms with Gasteiger partial charge in [0.2, 0.25) is 5.91 Å². The molecule has 1 amide bonds. The number of carbonyl (C=O) groups is 1. The van der Waals surface area contributed by atoms with Gasteiger partial charge in [0.05, 0.1) is 17.9 Å². The van der Waals surface area contributed by atoms with E-state index in [4.69, 9.17) is 5.73 Å². The predicted octanol–water partition coefficient (Wildman–Crippen LogP) is 2.32. The van der Waals surface area contributed by atoms with Gasteiger partial charge < -0.3 is 11.1 Å². The van der Waals surface area contributed by atoms with Crippen LogP contribution in [-0.2, 0) is 4.79 Å². The highest BCUT2D eigenvalue weighted by atomic mass is 19.1. The predicted molar refractivity (Wildman–Crippen MR) is 76.4 cm³/mol. The largest absolute Gasteiger partial charge is 0.397 e. The molecule has 0 fully saturated rings. The zero-order chi connectivity index (χ0) is 14.4. The summed E-state index contributed by atoms with van der Waals surface area (Å²) in [6.45, 7) is 5.42. The zero-order valence-electron chi connectivity index (χ0n) is 11.7. The first kappa shape index (κ1) is 15.4. The Bertz CT molecular complexity index is 437. The Morgan fingerprint density at radius 3 is 2.79 bits per heavy atom. The van der Waals surface area contributed by atoms with E-state index >= 15 is 0 Å². The molecule has 0 heterocycles. The van der Waals surface area contributed by atoms with Crippen LogP contribution in [0.4, 0.5) is 15.8 Å². The van der Waals surface area contributed by atoms with Gasteiger partial charge in [0.15, 0.2) is 0 Å². The number of likely N-dealkylation sites (N-methyl/N-ethyl adjacent to an activating group) is 1. The molecule has 106 valence electrons. The number of amides is 1. The number of benzene rings is 1. The molecule has 0 saturated carbocycles. The van der Waals surface area contributed by atoms with Gasteiger partial charge in [0.1, 0.15) is 5.82 Å². The van der Waals surface area contributed by atoms with E-state index in [1.807, 2.05) is 11.9 Å². The summed E-state index contributed by atoms with van der Waals surface area (Å²) >= 11 is 0. The summed E-state index contributed by atoms with van der Waals surface area (Å²) in [6.07, 6.45) is 1.08. The third-order valence-electron chi connectivity index (χ3n) is 3.02. The Hall–Kier alpha value is -1.62. The molecule has 4 nitrogen and oxygen atoms in total. The van der Waals surface area contributed by atoms with Crippen LogP contribution in [0.15, 0.2) is 18.2 Å². The molecule has 0 aliphatic carbocycles. The molecular formula is C14H22FN3O. The zero-order valence-corrected chi connectivity index (χ0v) is 11.7. The molecule has 1 rings (SSSR count). The van der Waals surface area contributed by atoms with Crippen LogP contribution in [0.1, 0.15) is 20.3 Å². The normalized spacial score (nSPS) is 12.5. The van der Waals surface area contributed by atoms with Crippen molar-refractivity contribution in [1.29, 1.82) is 0 Å². The molecule has 0 aliphatic heterocycles. The fourth-order valence-electron chi connectivity index (χ4n) is 1.81. The second-order valence-corrected chi connectivity index (χ2v) is 4.99. The van der Waals surface area contributed by atoms with E-state index in [9.17, 15) is 9.18 Å². The standard InChI is InChI=1S/C14H22FN3O/c1-4-10(2)8-18(3)9-14(19)17-13-6-5-11(15)7-12(13)16/h5-7,10H,4,8-9,16H2,1-3H3,(H,17,19). The van der Waals surface area contributed by atoms with Gasteiger partial charge in [-0.05, 0) is 31.2 Å². The molecule has 1 aromatic carbocycles. The van der Waals surface area contributed by atoms with Crippen LogP contribution in [0.2, 0.25) is 0 Å². The van der Waals surface area contributed by atoms with E-state index in [1.54, 1.807) is 0 Å². The van der Waals surface area contributed by atoms with Gasteiger partial charge in [-0.25, -0.2) is 4.39 Å². The van der Waals surface area contributed by atoms with Crippen molar-refractivity contribution in [3.63, 3.8) is 0 Å². The van der Waals surface area contributed by atoms with Crippen molar-refractivity contribution in [3.05, 3.63) is 24.0 Å². The highest BCUT2D eigenvalue weighted by Gasteiger charge is 2.11. The molecule has 0 aromatic heterocycles. The number of nitrogens with two attached hydrogens (primary N) is 1.